The maximum absolute atomic E-state index is 13.4. The zero-order valence-corrected chi connectivity index (χ0v) is 19.8. The Hall–Kier alpha value is -4.20. The molecule has 1 fully saturated rings. The summed E-state index contributed by atoms with van der Waals surface area (Å²) in [6.45, 7) is 2.85. The Kier molecular flexibility index (Phi) is 5.51. The summed E-state index contributed by atoms with van der Waals surface area (Å²) >= 11 is 0. The molecule has 0 unspecified atom stereocenters. The van der Waals surface area contributed by atoms with E-state index >= 15 is 0 Å². The van der Waals surface area contributed by atoms with Crippen LogP contribution in [-0.4, -0.2) is 52.7 Å². The fraction of sp³-hybridized carbons (Fsp3) is 0.259. The van der Waals surface area contributed by atoms with Crippen LogP contribution in [0.15, 0.2) is 71.8 Å². The van der Waals surface area contributed by atoms with E-state index in [-0.39, 0.29) is 12.6 Å². The molecule has 2 aliphatic heterocycles. The first-order valence-electron chi connectivity index (χ1n) is 11.4. The van der Waals surface area contributed by atoms with Crippen molar-refractivity contribution in [1.29, 1.82) is 0 Å². The van der Waals surface area contributed by atoms with Gasteiger partial charge in [-0.15, -0.1) is 0 Å². The number of ether oxygens (including phenoxy) is 1. The number of nitrogens with one attached hydrogen (secondary N) is 1. The van der Waals surface area contributed by atoms with Gasteiger partial charge in [0.25, 0.3) is 11.8 Å². The lowest BCUT2D eigenvalue weighted by atomic mass is 9.97. The molecular weight excluding hydrogens is 444 g/mol. The number of imide groups is 1. The Morgan fingerprint density at radius 2 is 1.77 bits per heavy atom. The van der Waals surface area contributed by atoms with E-state index in [1.165, 1.54) is 5.01 Å². The molecule has 2 heterocycles. The summed E-state index contributed by atoms with van der Waals surface area (Å²) in [7, 11) is 1.60. The standard InChI is InChI=1S/C27H26N4O4/c1-27(2)25(33)30(26(34)28-27)16-24(32)31-23(18-10-12-21(35-3)13-11-18)15-22(29-31)20-9-8-17-6-4-5-7-19(17)14-20/h4-14,23H,15-16H2,1-3H3,(H,28,34)/t23-/m1/s1. The number of hydrogen-bond donors (Lipinski definition) is 1. The molecule has 178 valence electrons. The normalized spacial score (nSPS) is 19.2. The van der Waals surface area contributed by atoms with Crippen LogP contribution in [0, 0.1) is 0 Å². The SMILES string of the molecule is COc1ccc([C@H]2CC(c3ccc4ccccc4c3)=NN2C(=O)CN2C(=O)NC(C)(C)C2=O)cc1. The zero-order valence-electron chi connectivity index (χ0n) is 19.8. The Morgan fingerprint density at radius 1 is 1.06 bits per heavy atom. The number of carbonyl (C=O) groups excluding carboxylic acids is 3. The van der Waals surface area contributed by atoms with Crippen LogP contribution in [0.2, 0.25) is 0 Å². The summed E-state index contributed by atoms with van der Waals surface area (Å²) < 4.78 is 5.27. The number of nitrogens with zero attached hydrogens (tertiary/aromatic N) is 3. The average molecular weight is 471 g/mol. The number of hydrazone groups is 1. The summed E-state index contributed by atoms with van der Waals surface area (Å²) in [5.74, 6) is -0.153. The fourth-order valence-corrected chi connectivity index (χ4v) is 4.54. The largest absolute Gasteiger partial charge is 0.497 e. The highest BCUT2D eigenvalue weighted by atomic mass is 16.5. The van der Waals surface area contributed by atoms with Crippen molar-refractivity contribution in [2.45, 2.75) is 31.8 Å². The molecule has 3 aromatic rings. The van der Waals surface area contributed by atoms with Crippen molar-refractivity contribution in [1.82, 2.24) is 15.2 Å². The molecule has 0 aromatic heterocycles. The monoisotopic (exact) mass is 470 g/mol. The molecule has 3 aromatic carbocycles. The number of fused-ring (bicyclic) bond motifs is 1. The number of hydrogen-bond acceptors (Lipinski definition) is 5. The highest BCUT2D eigenvalue weighted by molar-refractivity contribution is 6.09. The van der Waals surface area contributed by atoms with Crippen LogP contribution >= 0.6 is 0 Å². The van der Waals surface area contributed by atoms with Gasteiger partial charge in [0, 0.05) is 6.42 Å². The second-order valence-electron chi connectivity index (χ2n) is 9.29. The minimum absolute atomic E-state index is 0.372. The van der Waals surface area contributed by atoms with Crippen molar-refractivity contribution >= 4 is 34.3 Å². The van der Waals surface area contributed by atoms with Crippen molar-refractivity contribution in [3.8, 4) is 5.75 Å². The molecule has 5 rings (SSSR count). The van der Waals surface area contributed by atoms with Crippen LogP contribution in [0.3, 0.4) is 0 Å². The van der Waals surface area contributed by atoms with Crippen LogP contribution in [-0.2, 0) is 9.59 Å². The van der Waals surface area contributed by atoms with Gasteiger partial charge in [-0.05, 0) is 53.9 Å². The molecule has 4 amide bonds. The van der Waals surface area contributed by atoms with Crippen LogP contribution in [0.25, 0.3) is 10.8 Å². The summed E-state index contributed by atoms with van der Waals surface area (Å²) in [5, 5.41) is 10.9. The van der Waals surface area contributed by atoms with E-state index in [0.717, 1.165) is 32.5 Å². The Balaban J connectivity index is 1.48. The van der Waals surface area contributed by atoms with E-state index in [0.29, 0.717) is 12.2 Å². The summed E-state index contributed by atoms with van der Waals surface area (Å²) in [6.07, 6.45) is 0.502. The molecule has 1 N–H and O–H groups in total. The first-order chi connectivity index (χ1) is 16.8. The third-order valence-corrected chi connectivity index (χ3v) is 6.49. The molecular formula is C27H26N4O4. The molecule has 1 saturated heterocycles. The van der Waals surface area contributed by atoms with Crippen LogP contribution < -0.4 is 10.1 Å². The Bertz CT molecular complexity index is 1360. The zero-order chi connectivity index (χ0) is 24.7. The number of methoxy groups -OCH3 is 1. The second-order valence-corrected chi connectivity index (χ2v) is 9.29. The molecule has 8 nitrogen and oxygen atoms in total. The van der Waals surface area contributed by atoms with Crippen LogP contribution in [0.5, 0.6) is 5.75 Å². The van der Waals surface area contributed by atoms with Crippen molar-refractivity contribution in [3.63, 3.8) is 0 Å². The van der Waals surface area contributed by atoms with Crippen molar-refractivity contribution in [3.05, 3.63) is 77.9 Å². The van der Waals surface area contributed by atoms with E-state index in [1.807, 2.05) is 60.7 Å². The molecule has 0 saturated carbocycles. The predicted molar refractivity (Wildman–Crippen MR) is 132 cm³/mol. The van der Waals surface area contributed by atoms with Gasteiger partial charge >= 0.3 is 6.03 Å². The van der Waals surface area contributed by atoms with Gasteiger partial charge in [-0.25, -0.2) is 9.80 Å². The topological polar surface area (TPSA) is 91.3 Å². The molecule has 8 heteroatoms. The van der Waals surface area contributed by atoms with Crippen molar-refractivity contribution in [2.24, 2.45) is 5.10 Å². The third kappa shape index (κ3) is 4.12. The fourth-order valence-electron chi connectivity index (χ4n) is 4.54. The Morgan fingerprint density at radius 3 is 2.43 bits per heavy atom. The smallest absolute Gasteiger partial charge is 0.325 e. The first kappa shape index (κ1) is 22.6. The number of benzene rings is 3. The molecule has 1 atom stereocenters. The quantitative estimate of drug-likeness (QED) is 0.574. The maximum Gasteiger partial charge on any atom is 0.325 e. The van der Waals surface area contributed by atoms with Crippen LogP contribution in [0.1, 0.15) is 37.4 Å². The highest BCUT2D eigenvalue weighted by Gasteiger charge is 2.46. The first-order valence-corrected chi connectivity index (χ1v) is 11.4. The second kappa shape index (κ2) is 8.54. The minimum Gasteiger partial charge on any atom is -0.497 e. The third-order valence-electron chi connectivity index (χ3n) is 6.49. The number of rotatable bonds is 5. The molecule has 35 heavy (non-hydrogen) atoms. The van der Waals surface area contributed by atoms with E-state index in [1.54, 1.807) is 21.0 Å². The summed E-state index contributed by atoms with van der Waals surface area (Å²) in [6, 6.07) is 20.7. The molecule has 0 spiro atoms. The molecule has 0 radical (unpaired) electrons. The number of urea groups is 1. The predicted octanol–water partition coefficient (Wildman–Crippen LogP) is 3.86. The van der Waals surface area contributed by atoms with Gasteiger partial charge in [0.05, 0.1) is 18.9 Å². The molecule has 0 aliphatic carbocycles. The summed E-state index contributed by atoms with van der Waals surface area (Å²) in [4.78, 5) is 39.4. The Labute approximate surface area is 203 Å². The van der Waals surface area contributed by atoms with Gasteiger partial charge in [0.1, 0.15) is 17.8 Å². The minimum atomic E-state index is -1.04. The lowest BCUT2D eigenvalue weighted by molar-refractivity contribution is -0.139. The van der Waals surface area contributed by atoms with Gasteiger partial charge < -0.3 is 10.1 Å². The van der Waals surface area contributed by atoms with Gasteiger partial charge in [-0.1, -0.05) is 48.5 Å². The van der Waals surface area contributed by atoms with E-state index in [2.05, 4.69) is 11.4 Å². The van der Waals surface area contributed by atoms with Crippen molar-refractivity contribution < 1.29 is 19.1 Å². The highest BCUT2D eigenvalue weighted by Crippen LogP contribution is 2.34. The number of amides is 4. The number of carbonyl (C=O) groups is 3. The van der Waals surface area contributed by atoms with Crippen molar-refractivity contribution in [2.75, 3.05) is 13.7 Å². The molecule has 2 aliphatic rings. The van der Waals surface area contributed by atoms with E-state index in [4.69, 9.17) is 9.84 Å². The average Bonchev–Trinajstić information content (AvgIpc) is 3.39. The molecule has 0 bridgehead atoms. The lowest BCUT2D eigenvalue weighted by Crippen LogP contribution is -2.43. The van der Waals surface area contributed by atoms with Gasteiger partial charge in [-0.2, -0.15) is 5.10 Å². The van der Waals surface area contributed by atoms with Crippen LogP contribution in [0.4, 0.5) is 4.79 Å². The maximum atomic E-state index is 13.4. The van der Waals surface area contributed by atoms with E-state index < -0.39 is 23.4 Å². The van der Waals surface area contributed by atoms with Gasteiger partial charge in [-0.3, -0.25) is 14.5 Å². The van der Waals surface area contributed by atoms with Gasteiger partial charge in [0.2, 0.25) is 0 Å². The lowest BCUT2D eigenvalue weighted by Gasteiger charge is -2.24. The van der Waals surface area contributed by atoms with Gasteiger partial charge in [0.15, 0.2) is 0 Å². The van der Waals surface area contributed by atoms with E-state index in [9.17, 15) is 14.4 Å². The summed E-state index contributed by atoms with van der Waals surface area (Å²) in [5.41, 5.74) is 1.53.